The molecule has 0 radical (unpaired) electrons. The number of carbonyl (C=O) groups is 2. The molecule has 4 heteroatoms. The van der Waals surface area contributed by atoms with E-state index in [1.807, 2.05) is 24.3 Å². The van der Waals surface area contributed by atoms with Gasteiger partial charge in [0, 0.05) is 24.4 Å². The van der Waals surface area contributed by atoms with Crippen LogP contribution in [-0.4, -0.2) is 21.8 Å². The Labute approximate surface area is 128 Å². The zero-order chi connectivity index (χ0) is 15.5. The average Bonchev–Trinajstić information content (AvgIpc) is 3.35. The number of benzene rings is 1. The summed E-state index contributed by atoms with van der Waals surface area (Å²) in [5.74, 6) is -0.785. The normalized spacial score (nSPS) is 19.6. The van der Waals surface area contributed by atoms with Crippen LogP contribution in [0.25, 0.3) is 0 Å². The topological polar surface area (TPSA) is 67.3 Å². The SMILES string of the molecule is O=C(CCc1cccnc1)c1ccc([C@@H]2C[C@H]2C(=O)O)cc1. The number of aryl methyl sites for hydroxylation is 1. The largest absolute Gasteiger partial charge is 0.481 e. The van der Waals surface area contributed by atoms with Crippen LogP contribution in [0.15, 0.2) is 48.8 Å². The molecule has 1 N–H and O–H groups in total. The van der Waals surface area contributed by atoms with E-state index in [2.05, 4.69) is 4.98 Å². The molecule has 22 heavy (non-hydrogen) atoms. The highest BCUT2D eigenvalue weighted by atomic mass is 16.4. The Morgan fingerprint density at radius 3 is 2.55 bits per heavy atom. The van der Waals surface area contributed by atoms with Crippen LogP contribution in [0.3, 0.4) is 0 Å². The van der Waals surface area contributed by atoms with Crippen LogP contribution in [-0.2, 0) is 11.2 Å². The number of rotatable bonds is 6. The number of carbonyl (C=O) groups excluding carboxylic acids is 1. The Hall–Kier alpha value is -2.49. The predicted octanol–water partition coefficient (Wildman–Crippen LogP) is 3.09. The van der Waals surface area contributed by atoms with Gasteiger partial charge in [-0.1, -0.05) is 30.3 Å². The summed E-state index contributed by atoms with van der Waals surface area (Å²) in [5.41, 5.74) is 2.74. The van der Waals surface area contributed by atoms with Crippen molar-refractivity contribution >= 4 is 11.8 Å². The molecular formula is C18H17NO3. The zero-order valence-electron chi connectivity index (χ0n) is 12.1. The molecule has 3 rings (SSSR count). The fourth-order valence-electron chi connectivity index (χ4n) is 2.70. The second-order valence-electron chi connectivity index (χ2n) is 5.69. The zero-order valence-corrected chi connectivity index (χ0v) is 12.1. The number of aromatic nitrogens is 1. The van der Waals surface area contributed by atoms with Crippen molar-refractivity contribution in [2.75, 3.05) is 0 Å². The maximum Gasteiger partial charge on any atom is 0.307 e. The highest BCUT2D eigenvalue weighted by molar-refractivity contribution is 5.96. The van der Waals surface area contributed by atoms with E-state index in [0.717, 1.165) is 11.1 Å². The molecule has 1 aliphatic carbocycles. The Morgan fingerprint density at radius 2 is 1.95 bits per heavy atom. The number of Topliss-reactive ketones (excluding diaryl/α,β-unsaturated/α-hetero) is 1. The smallest absolute Gasteiger partial charge is 0.307 e. The first-order chi connectivity index (χ1) is 10.6. The second-order valence-corrected chi connectivity index (χ2v) is 5.69. The van der Waals surface area contributed by atoms with Crippen LogP contribution in [0.5, 0.6) is 0 Å². The molecule has 0 saturated heterocycles. The molecule has 1 heterocycles. The van der Waals surface area contributed by atoms with E-state index in [9.17, 15) is 9.59 Å². The van der Waals surface area contributed by atoms with Crippen molar-refractivity contribution in [3.05, 3.63) is 65.5 Å². The van der Waals surface area contributed by atoms with E-state index in [4.69, 9.17) is 5.11 Å². The molecule has 1 aliphatic rings. The summed E-state index contributed by atoms with van der Waals surface area (Å²) in [5, 5.41) is 8.95. The number of carboxylic acids is 1. The van der Waals surface area contributed by atoms with E-state index in [-0.39, 0.29) is 17.6 Å². The lowest BCUT2D eigenvalue weighted by Crippen LogP contribution is -2.02. The molecule has 2 aromatic rings. The first-order valence-corrected chi connectivity index (χ1v) is 7.40. The van der Waals surface area contributed by atoms with Gasteiger partial charge >= 0.3 is 5.97 Å². The molecule has 2 atom stereocenters. The van der Waals surface area contributed by atoms with Gasteiger partial charge in [-0.2, -0.15) is 0 Å². The lowest BCUT2D eigenvalue weighted by Gasteiger charge is -2.04. The van der Waals surface area contributed by atoms with Crippen molar-refractivity contribution in [3.8, 4) is 0 Å². The minimum absolute atomic E-state index is 0.0981. The predicted molar refractivity (Wildman–Crippen MR) is 81.8 cm³/mol. The Bertz CT molecular complexity index is 679. The maximum absolute atomic E-state index is 12.2. The van der Waals surface area contributed by atoms with Gasteiger partial charge in [-0.25, -0.2) is 0 Å². The van der Waals surface area contributed by atoms with Crippen LogP contribution in [0.1, 0.15) is 40.2 Å². The number of carboxylic acid groups (broad SMARTS) is 1. The lowest BCUT2D eigenvalue weighted by atomic mass is 10.0. The van der Waals surface area contributed by atoms with Gasteiger partial charge in [-0.3, -0.25) is 14.6 Å². The van der Waals surface area contributed by atoms with Gasteiger partial charge in [0.05, 0.1) is 5.92 Å². The summed E-state index contributed by atoms with van der Waals surface area (Å²) in [6.45, 7) is 0. The van der Waals surface area contributed by atoms with Crippen molar-refractivity contribution in [3.63, 3.8) is 0 Å². The standard InChI is InChI=1S/C18H17NO3/c20-17(8-3-12-2-1-9-19-11-12)14-6-4-13(5-7-14)15-10-16(15)18(21)22/h1-2,4-7,9,11,15-16H,3,8,10H2,(H,21,22)/t15-,16+/m0/s1. The fraction of sp³-hybridized carbons (Fsp3) is 0.278. The minimum Gasteiger partial charge on any atom is -0.481 e. The molecule has 0 unspecified atom stereocenters. The van der Waals surface area contributed by atoms with Crippen LogP contribution in [0.4, 0.5) is 0 Å². The molecule has 4 nitrogen and oxygen atoms in total. The van der Waals surface area contributed by atoms with E-state index in [1.54, 1.807) is 24.5 Å². The van der Waals surface area contributed by atoms with Gasteiger partial charge < -0.3 is 5.11 Å². The number of hydrogen-bond donors (Lipinski definition) is 1. The summed E-state index contributed by atoms with van der Waals surface area (Å²) in [6.07, 6.45) is 5.32. The van der Waals surface area contributed by atoms with Crippen molar-refractivity contribution in [1.82, 2.24) is 4.98 Å². The number of pyridine rings is 1. The molecule has 0 bridgehead atoms. The summed E-state index contributed by atoms with van der Waals surface area (Å²) >= 11 is 0. The summed E-state index contributed by atoms with van der Waals surface area (Å²) < 4.78 is 0. The molecule has 0 amide bonds. The van der Waals surface area contributed by atoms with Crippen LogP contribution in [0, 0.1) is 5.92 Å². The molecule has 1 fully saturated rings. The highest BCUT2D eigenvalue weighted by Gasteiger charge is 2.44. The number of hydrogen-bond acceptors (Lipinski definition) is 3. The van der Waals surface area contributed by atoms with Crippen LogP contribution < -0.4 is 0 Å². The summed E-state index contributed by atoms with van der Waals surface area (Å²) in [6, 6.07) is 11.2. The van der Waals surface area contributed by atoms with Gasteiger partial charge in [0.1, 0.15) is 0 Å². The first kappa shape index (κ1) is 14.4. The van der Waals surface area contributed by atoms with Crippen molar-refractivity contribution < 1.29 is 14.7 Å². The van der Waals surface area contributed by atoms with Gasteiger partial charge in [-0.15, -0.1) is 0 Å². The molecule has 112 valence electrons. The second kappa shape index (κ2) is 6.10. The third kappa shape index (κ3) is 3.22. The Morgan fingerprint density at radius 1 is 1.18 bits per heavy atom. The quantitative estimate of drug-likeness (QED) is 0.832. The molecule has 0 aliphatic heterocycles. The third-order valence-electron chi connectivity index (χ3n) is 4.13. The first-order valence-electron chi connectivity index (χ1n) is 7.40. The number of ketones is 1. The van der Waals surface area contributed by atoms with Gasteiger partial charge in [0.25, 0.3) is 0 Å². The maximum atomic E-state index is 12.2. The van der Waals surface area contributed by atoms with E-state index < -0.39 is 5.97 Å². The average molecular weight is 295 g/mol. The molecule has 1 aromatic carbocycles. The molecule has 1 saturated carbocycles. The van der Waals surface area contributed by atoms with Crippen molar-refractivity contribution in [2.45, 2.75) is 25.2 Å². The molecule has 1 aromatic heterocycles. The number of aliphatic carboxylic acids is 1. The monoisotopic (exact) mass is 295 g/mol. The van der Waals surface area contributed by atoms with Crippen LogP contribution in [0.2, 0.25) is 0 Å². The number of nitrogens with zero attached hydrogens (tertiary/aromatic N) is 1. The Balaban J connectivity index is 1.58. The highest BCUT2D eigenvalue weighted by Crippen LogP contribution is 2.47. The van der Waals surface area contributed by atoms with Crippen LogP contribution >= 0.6 is 0 Å². The van der Waals surface area contributed by atoms with E-state index in [1.165, 1.54) is 0 Å². The summed E-state index contributed by atoms with van der Waals surface area (Å²) in [7, 11) is 0. The van der Waals surface area contributed by atoms with Gasteiger partial charge in [0.15, 0.2) is 5.78 Å². The Kier molecular flexibility index (Phi) is 4.00. The van der Waals surface area contributed by atoms with Gasteiger partial charge in [0.2, 0.25) is 0 Å². The van der Waals surface area contributed by atoms with E-state index in [0.29, 0.717) is 24.8 Å². The van der Waals surface area contributed by atoms with Crippen molar-refractivity contribution in [1.29, 1.82) is 0 Å². The third-order valence-corrected chi connectivity index (χ3v) is 4.13. The van der Waals surface area contributed by atoms with E-state index >= 15 is 0 Å². The lowest BCUT2D eigenvalue weighted by molar-refractivity contribution is -0.138. The summed E-state index contributed by atoms with van der Waals surface area (Å²) in [4.78, 5) is 27.1. The van der Waals surface area contributed by atoms with Gasteiger partial charge in [-0.05, 0) is 36.0 Å². The fourth-order valence-corrected chi connectivity index (χ4v) is 2.70. The minimum atomic E-state index is -0.735. The molecule has 0 spiro atoms. The molecular weight excluding hydrogens is 278 g/mol. The van der Waals surface area contributed by atoms with Crippen molar-refractivity contribution in [2.24, 2.45) is 5.92 Å².